The Morgan fingerprint density at radius 3 is 2.46 bits per heavy atom. The third kappa shape index (κ3) is 3.44. The maximum Gasteiger partial charge on any atom is 0.289 e. The number of halogens is 1. The Balaban J connectivity index is 1.79. The molecule has 0 aromatic heterocycles. The van der Waals surface area contributed by atoms with E-state index in [0.29, 0.717) is 0 Å². The van der Waals surface area contributed by atoms with Gasteiger partial charge in [0.05, 0.1) is 18.2 Å². The van der Waals surface area contributed by atoms with Gasteiger partial charge in [-0.2, -0.15) is 0 Å². The molecular weight excluding hydrogens is 335 g/mol. The largest absolute Gasteiger partial charge is 0.503 e. The molecule has 2 aromatic carbocycles. The van der Waals surface area contributed by atoms with Crippen LogP contribution in [0, 0.1) is 5.82 Å². The lowest BCUT2D eigenvalue weighted by atomic mass is 10.00. The quantitative estimate of drug-likeness (QED) is 0.887. The van der Waals surface area contributed by atoms with Crippen LogP contribution in [-0.2, 0) is 9.59 Å². The van der Waals surface area contributed by atoms with Crippen LogP contribution in [-0.4, -0.2) is 35.4 Å². The first-order valence-electron chi connectivity index (χ1n) is 8.21. The molecule has 6 heteroatoms. The van der Waals surface area contributed by atoms with E-state index in [2.05, 4.69) is 5.32 Å². The molecular formula is C20H19FN2O3. The van der Waals surface area contributed by atoms with E-state index in [0.717, 1.165) is 16.7 Å². The van der Waals surface area contributed by atoms with Crippen molar-refractivity contribution in [3.05, 3.63) is 71.2 Å². The number of carbonyl (C=O) groups excluding carboxylic acids is 2. The van der Waals surface area contributed by atoms with Crippen LogP contribution in [0.15, 0.2) is 59.9 Å². The van der Waals surface area contributed by atoms with Crippen LogP contribution in [0.4, 0.5) is 4.39 Å². The van der Waals surface area contributed by atoms with Crippen molar-refractivity contribution < 1.29 is 19.1 Å². The molecule has 0 saturated carbocycles. The molecule has 2 N–H and O–H groups in total. The summed E-state index contributed by atoms with van der Waals surface area (Å²) < 4.78 is 13.4. The van der Waals surface area contributed by atoms with Gasteiger partial charge in [0, 0.05) is 7.05 Å². The summed E-state index contributed by atoms with van der Waals surface area (Å²) in [6.07, 6.45) is 0. The second-order valence-corrected chi connectivity index (χ2v) is 6.32. The summed E-state index contributed by atoms with van der Waals surface area (Å²) in [6.45, 7) is 1.88. The fraction of sp³-hybridized carbons (Fsp3) is 0.200. The molecule has 134 valence electrons. The first-order chi connectivity index (χ1) is 12.4. The SMILES string of the molecule is C[C@@H](NC(=O)C1=C(O)C(=O)N(C)C1)c1cccc(-c2cccc(F)c2)c1. The standard InChI is InChI=1S/C20H19FN2O3/c1-12(22-19(25)17-11-23(2)20(26)18(17)24)13-5-3-6-14(9-13)15-7-4-8-16(21)10-15/h3-10,12,24H,11H2,1-2H3,(H,22,25)/t12-/m1/s1. The lowest BCUT2D eigenvalue weighted by Crippen LogP contribution is -2.30. The van der Waals surface area contributed by atoms with Gasteiger partial charge in [-0.3, -0.25) is 9.59 Å². The molecule has 2 aromatic rings. The Labute approximate surface area is 150 Å². The first kappa shape index (κ1) is 17.7. The number of aliphatic hydroxyl groups is 1. The van der Waals surface area contributed by atoms with E-state index in [1.54, 1.807) is 13.0 Å². The summed E-state index contributed by atoms with van der Waals surface area (Å²) in [4.78, 5) is 25.3. The van der Waals surface area contributed by atoms with Crippen LogP contribution >= 0.6 is 0 Å². The van der Waals surface area contributed by atoms with Gasteiger partial charge in [-0.1, -0.05) is 30.3 Å². The average molecular weight is 354 g/mol. The van der Waals surface area contributed by atoms with Gasteiger partial charge < -0.3 is 15.3 Å². The summed E-state index contributed by atoms with van der Waals surface area (Å²) >= 11 is 0. The molecule has 0 fully saturated rings. The van der Waals surface area contributed by atoms with Crippen molar-refractivity contribution in [3.63, 3.8) is 0 Å². The molecule has 0 unspecified atom stereocenters. The number of amides is 2. The third-order valence-electron chi connectivity index (χ3n) is 4.40. The molecule has 5 nitrogen and oxygen atoms in total. The highest BCUT2D eigenvalue weighted by molar-refractivity contribution is 6.06. The second kappa shape index (κ2) is 7.00. The topological polar surface area (TPSA) is 69.6 Å². The van der Waals surface area contributed by atoms with Crippen LogP contribution in [0.25, 0.3) is 11.1 Å². The Bertz CT molecular complexity index is 907. The maximum atomic E-state index is 13.4. The number of nitrogens with zero attached hydrogens (tertiary/aromatic N) is 1. The van der Waals surface area contributed by atoms with Gasteiger partial charge in [-0.25, -0.2) is 4.39 Å². The van der Waals surface area contributed by atoms with Crippen LogP contribution in [0.1, 0.15) is 18.5 Å². The number of carbonyl (C=O) groups is 2. The molecule has 1 heterocycles. The van der Waals surface area contributed by atoms with Gasteiger partial charge in [-0.05, 0) is 41.8 Å². The number of benzene rings is 2. The zero-order valence-corrected chi connectivity index (χ0v) is 14.5. The highest BCUT2D eigenvalue weighted by atomic mass is 19.1. The molecule has 3 rings (SSSR count). The van der Waals surface area contributed by atoms with Crippen LogP contribution in [0.3, 0.4) is 0 Å². The van der Waals surface area contributed by atoms with E-state index in [-0.39, 0.29) is 24.0 Å². The molecule has 1 atom stereocenters. The van der Waals surface area contributed by atoms with Crippen molar-refractivity contribution in [2.75, 3.05) is 13.6 Å². The van der Waals surface area contributed by atoms with Gasteiger partial charge in [0.1, 0.15) is 5.82 Å². The number of likely N-dealkylation sites (N-methyl/N-ethyl adjacent to an activating group) is 1. The zero-order valence-electron chi connectivity index (χ0n) is 14.5. The minimum Gasteiger partial charge on any atom is -0.503 e. The molecule has 1 aliphatic rings. The van der Waals surface area contributed by atoms with Gasteiger partial charge in [0.2, 0.25) is 0 Å². The molecule has 1 aliphatic heterocycles. The van der Waals surface area contributed by atoms with E-state index in [9.17, 15) is 19.1 Å². The fourth-order valence-electron chi connectivity index (χ4n) is 2.90. The van der Waals surface area contributed by atoms with Crippen molar-refractivity contribution in [2.24, 2.45) is 0 Å². The highest BCUT2D eigenvalue weighted by Gasteiger charge is 2.32. The number of nitrogens with one attached hydrogen (secondary N) is 1. The minimum atomic E-state index is -0.559. The van der Waals surface area contributed by atoms with Crippen molar-refractivity contribution in [3.8, 4) is 11.1 Å². The van der Waals surface area contributed by atoms with Crippen molar-refractivity contribution >= 4 is 11.8 Å². The lowest BCUT2D eigenvalue weighted by molar-refractivity contribution is -0.126. The number of rotatable bonds is 4. The second-order valence-electron chi connectivity index (χ2n) is 6.32. The minimum absolute atomic E-state index is 0.0608. The van der Waals surface area contributed by atoms with E-state index in [4.69, 9.17) is 0 Å². The Hall–Kier alpha value is -3.15. The van der Waals surface area contributed by atoms with Gasteiger partial charge in [0.25, 0.3) is 11.8 Å². The van der Waals surface area contributed by atoms with Crippen LogP contribution in [0.5, 0.6) is 0 Å². The summed E-state index contributed by atoms with van der Waals surface area (Å²) in [7, 11) is 1.52. The Kier molecular flexibility index (Phi) is 4.75. The van der Waals surface area contributed by atoms with Gasteiger partial charge >= 0.3 is 0 Å². The van der Waals surface area contributed by atoms with Crippen molar-refractivity contribution in [2.45, 2.75) is 13.0 Å². The number of hydrogen-bond acceptors (Lipinski definition) is 3. The monoisotopic (exact) mass is 354 g/mol. The number of aliphatic hydroxyl groups excluding tert-OH is 1. The van der Waals surface area contributed by atoms with Crippen molar-refractivity contribution in [1.29, 1.82) is 0 Å². The molecule has 0 radical (unpaired) electrons. The fourth-order valence-corrected chi connectivity index (χ4v) is 2.90. The Morgan fingerprint density at radius 2 is 1.85 bits per heavy atom. The molecule has 0 saturated heterocycles. The van der Waals surface area contributed by atoms with E-state index in [1.165, 1.54) is 24.1 Å². The Morgan fingerprint density at radius 1 is 1.19 bits per heavy atom. The first-order valence-corrected chi connectivity index (χ1v) is 8.21. The highest BCUT2D eigenvalue weighted by Crippen LogP contribution is 2.24. The molecule has 0 aliphatic carbocycles. The van der Waals surface area contributed by atoms with Gasteiger partial charge in [0.15, 0.2) is 5.76 Å². The van der Waals surface area contributed by atoms with Gasteiger partial charge in [-0.15, -0.1) is 0 Å². The molecule has 26 heavy (non-hydrogen) atoms. The summed E-state index contributed by atoms with van der Waals surface area (Å²) in [5.74, 6) is -1.86. The summed E-state index contributed by atoms with van der Waals surface area (Å²) in [6, 6.07) is 13.4. The predicted molar refractivity (Wildman–Crippen MR) is 95.7 cm³/mol. The van der Waals surface area contributed by atoms with E-state index >= 15 is 0 Å². The summed E-state index contributed by atoms with van der Waals surface area (Å²) in [5, 5.41) is 12.6. The molecule has 0 bridgehead atoms. The third-order valence-corrected chi connectivity index (χ3v) is 4.40. The normalized spacial score (nSPS) is 15.3. The van der Waals surface area contributed by atoms with Crippen molar-refractivity contribution in [1.82, 2.24) is 10.2 Å². The number of hydrogen-bond donors (Lipinski definition) is 2. The molecule has 0 spiro atoms. The van der Waals surface area contributed by atoms with E-state index < -0.39 is 17.6 Å². The zero-order chi connectivity index (χ0) is 18.8. The lowest BCUT2D eigenvalue weighted by Gasteiger charge is -2.16. The maximum absolute atomic E-state index is 13.4. The average Bonchev–Trinajstić information content (AvgIpc) is 2.89. The van der Waals surface area contributed by atoms with Crippen LogP contribution in [0.2, 0.25) is 0 Å². The van der Waals surface area contributed by atoms with E-state index in [1.807, 2.05) is 30.3 Å². The smallest absolute Gasteiger partial charge is 0.289 e. The van der Waals surface area contributed by atoms with Crippen LogP contribution < -0.4 is 5.32 Å². The molecule has 2 amide bonds. The predicted octanol–water partition coefficient (Wildman–Crippen LogP) is 2.95. The summed E-state index contributed by atoms with van der Waals surface area (Å²) in [5.41, 5.74) is 2.47.